The maximum absolute atomic E-state index is 9.86. The van der Waals surface area contributed by atoms with Crippen LogP contribution in [0.5, 0.6) is 17.2 Å². The Morgan fingerprint density at radius 1 is 1.41 bits per heavy atom. The highest BCUT2D eigenvalue weighted by Gasteiger charge is 2.22. The molecule has 0 saturated carbocycles. The standard InChI is InChI=1S/C11H16ClNO4/c1-13-5-7(15)9-6(14)4-8(16-2)11(17-3)10(9)12/h4,7,13-15H,5H2,1-3H3. The molecule has 1 rings (SSSR count). The lowest BCUT2D eigenvalue weighted by Gasteiger charge is -2.18. The smallest absolute Gasteiger partial charge is 0.180 e. The van der Waals surface area contributed by atoms with Gasteiger partial charge < -0.3 is 25.0 Å². The lowest BCUT2D eigenvalue weighted by molar-refractivity contribution is 0.173. The van der Waals surface area contributed by atoms with E-state index in [-0.39, 0.29) is 28.6 Å². The van der Waals surface area contributed by atoms with E-state index in [1.165, 1.54) is 20.3 Å². The summed E-state index contributed by atoms with van der Waals surface area (Å²) in [6, 6.07) is 1.36. The number of hydrogen-bond acceptors (Lipinski definition) is 5. The first kappa shape index (κ1) is 13.9. The molecule has 0 spiro atoms. The van der Waals surface area contributed by atoms with E-state index >= 15 is 0 Å². The second-order valence-electron chi connectivity index (χ2n) is 3.43. The predicted molar refractivity (Wildman–Crippen MR) is 65.1 cm³/mol. The Morgan fingerprint density at radius 3 is 2.53 bits per heavy atom. The van der Waals surface area contributed by atoms with Crippen LogP contribution in [0.15, 0.2) is 6.07 Å². The number of phenols is 1. The van der Waals surface area contributed by atoms with Crippen LogP contribution in [0.3, 0.4) is 0 Å². The number of aliphatic hydroxyl groups excluding tert-OH is 1. The van der Waals surface area contributed by atoms with Crippen molar-refractivity contribution in [2.75, 3.05) is 27.8 Å². The fraction of sp³-hybridized carbons (Fsp3) is 0.455. The van der Waals surface area contributed by atoms with Crippen LogP contribution in [-0.4, -0.2) is 38.0 Å². The van der Waals surface area contributed by atoms with Crippen molar-refractivity contribution >= 4 is 11.6 Å². The van der Waals surface area contributed by atoms with Crippen LogP contribution >= 0.6 is 11.6 Å². The molecule has 0 heterocycles. The van der Waals surface area contributed by atoms with Crippen LogP contribution < -0.4 is 14.8 Å². The zero-order valence-corrected chi connectivity index (χ0v) is 10.7. The Labute approximate surface area is 105 Å². The zero-order valence-electron chi connectivity index (χ0n) is 9.95. The SMILES string of the molecule is CNCC(O)c1c(O)cc(OC)c(OC)c1Cl. The Balaban J connectivity index is 3.31. The molecular formula is C11H16ClNO4. The van der Waals surface area contributed by atoms with Gasteiger partial charge in [0.2, 0.25) is 0 Å². The van der Waals surface area contributed by atoms with Gasteiger partial charge in [0.1, 0.15) is 5.75 Å². The quantitative estimate of drug-likeness (QED) is 0.746. The maximum Gasteiger partial charge on any atom is 0.180 e. The number of halogens is 1. The number of hydrogen-bond donors (Lipinski definition) is 3. The van der Waals surface area contributed by atoms with E-state index in [1.54, 1.807) is 7.05 Å². The Hall–Kier alpha value is -1.17. The Kier molecular flexibility index (Phi) is 4.86. The molecule has 0 aliphatic heterocycles. The molecule has 0 aliphatic carbocycles. The molecule has 1 unspecified atom stereocenters. The summed E-state index contributed by atoms with van der Waals surface area (Å²) in [6.07, 6.45) is -0.924. The van der Waals surface area contributed by atoms with Crippen LogP contribution in [0.25, 0.3) is 0 Å². The molecule has 0 aliphatic rings. The van der Waals surface area contributed by atoms with Gasteiger partial charge in [0.15, 0.2) is 11.5 Å². The molecule has 1 atom stereocenters. The van der Waals surface area contributed by atoms with Gasteiger partial charge in [-0.1, -0.05) is 11.6 Å². The van der Waals surface area contributed by atoms with Crippen molar-refractivity contribution in [3.63, 3.8) is 0 Å². The normalized spacial score (nSPS) is 12.3. The molecule has 5 nitrogen and oxygen atoms in total. The summed E-state index contributed by atoms with van der Waals surface area (Å²) in [4.78, 5) is 0. The Morgan fingerprint density at radius 2 is 2.06 bits per heavy atom. The molecule has 0 radical (unpaired) electrons. The summed E-state index contributed by atoms with van der Waals surface area (Å²) in [6.45, 7) is 0.267. The Bertz CT molecular complexity index is 398. The number of rotatable bonds is 5. The molecule has 0 amide bonds. The van der Waals surface area contributed by atoms with Crippen molar-refractivity contribution in [3.05, 3.63) is 16.7 Å². The molecule has 96 valence electrons. The van der Waals surface area contributed by atoms with Gasteiger partial charge in [-0.15, -0.1) is 0 Å². The molecule has 1 aromatic rings. The highest BCUT2D eigenvalue weighted by atomic mass is 35.5. The van der Waals surface area contributed by atoms with Gasteiger partial charge in [-0.05, 0) is 7.05 Å². The number of phenolic OH excluding ortho intramolecular Hbond substituents is 1. The van der Waals surface area contributed by atoms with E-state index in [0.717, 1.165) is 0 Å². The van der Waals surface area contributed by atoms with Crippen LogP contribution in [0.1, 0.15) is 11.7 Å². The molecule has 6 heteroatoms. The van der Waals surface area contributed by atoms with Crippen molar-refractivity contribution in [2.45, 2.75) is 6.10 Å². The van der Waals surface area contributed by atoms with Crippen LogP contribution in [-0.2, 0) is 0 Å². The van der Waals surface area contributed by atoms with Gasteiger partial charge >= 0.3 is 0 Å². The number of nitrogens with one attached hydrogen (secondary N) is 1. The fourth-order valence-corrected chi connectivity index (χ4v) is 1.96. The van der Waals surface area contributed by atoms with E-state index in [2.05, 4.69) is 5.32 Å². The minimum atomic E-state index is -0.924. The molecule has 3 N–H and O–H groups in total. The van der Waals surface area contributed by atoms with Gasteiger partial charge in [-0.2, -0.15) is 0 Å². The van der Waals surface area contributed by atoms with E-state index in [1.807, 2.05) is 0 Å². The summed E-state index contributed by atoms with van der Waals surface area (Å²) >= 11 is 6.08. The van der Waals surface area contributed by atoms with Crippen LogP contribution in [0, 0.1) is 0 Å². The highest BCUT2D eigenvalue weighted by molar-refractivity contribution is 6.33. The van der Waals surface area contributed by atoms with Gasteiger partial charge in [-0.25, -0.2) is 0 Å². The second kappa shape index (κ2) is 5.95. The third-order valence-corrected chi connectivity index (χ3v) is 2.73. The van der Waals surface area contributed by atoms with Crippen molar-refractivity contribution in [1.82, 2.24) is 5.32 Å². The number of benzene rings is 1. The maximum atomic E-state index is 9.86. The van der Waals surface area contributed by atoms with Gasteiger partial charge in [0.05, 0.1) is 25.3 Å². The first-order chi connectivity index (χ1) is 8.06. The average molecular weight is 262 g/mol. The summed E-state index contributed by atoms with van der Waals surface area (Å²) < 4.78 is 10.1. The summed E-state index contributed by atoms with van der Waals surface area (Å²) in [5.74, 6) is 0.475. The largest absolute Gasteiger partial charge is 0.507 e. The number of likely N-dealkylation sites (N-methyl/N-ethyl adjacent to an activating group) is 1. The summed E-state index contributed by atoms with van der Waals surface area (Å²) in [5.41, 5.74) is 0.221. The van der Waals surface area contributed by atoms with Gasteiger partial charge in [0.25, 0.3) is 0 Å². The van der Waals surface area contributed by atoms with Gasteiger partial charge in [0, 0.05) is 18.2 Å². The van der Waals surface area contributed by atoms with Crippen LogP contribution in [0.4, 0.5) is 0 Å². The lowest BCUT2D eigenvalue weighted by Crippen LogP contribution is -2.17. The third kappa shape index (κ3) is 2.74. The minimum Gasteiger partial charge on any atom is -0.507 e. The van der Waals surface area contributed by atoms with E-state index in [9.17, 15) is 10.2 Å². The minimum absolute atomic E-state index is 0.129. The van der Waals surface area contributed by atoms with Crippen molar-refractivity contribution < 1.29 is 19.7 Å². The van der Waals surface area contributed by atoms with Gasteiger partial charge in [-0.3, -0.25) is 0 Å². The number of aromatic hydroxyl groups is 1. The topological polar surface area (TPSA) is 71.0 Å². The first-order valence-corrected chi connectivity index (χ1v) is 5.40. The van der Waals surface area contributed by atoms with Crippen molar-refractivity contribution in [2.24, 2.45) is 0 Å². The summed E-state index contributed by atoms with van der Waals surface area (Å²) in [5, 5.41) is 22.6. The number of ether oxygens (including phenoxy) is 2. The molecule has 1 aromatic carbocycles. The van der Waals surface area contributed by atoms with E-state index in [0.29, 0.717) is 5.75 Å². The van der Waals surface area contributed by atoms with E-state index in [4.69, 9.17) is 21.1 Å². The molecule has 0 bridgehead atoms. The molecule has 0 saturated heterocycles. The molecule has 17 heavy (non-hydrogen) atoms. The number of aliphatic hydroxyl groups is 1. The molecule has 0 aromatic heterocycles. The van der Waals surface area contributed by atoms with E-state index < -0.39 is 6.10 Å². The summed E-state index contributed by atoms with van der Waals surface area (Å²) in [7, 11) is 4.57. The van der Waals surface area contributed by atoms with Crippen LogP contribution in [0.2, 0.25) is 5.02 Å². The average Bonchev–Trinajstić information content (AvgIpc) is 2.28. The first-order valence-electron chi connectivity index (χ1n) is 5.02. The molecular weight excluding hydrogens is 246 g/mol. The predicted octanol–water partition coefficient (Wildman–Crippen LogP) is 1.32. The van der Waals surface area contributed by atoms with Crippen molar-refractivity contribution in [1.29, 1.82) is 0 Å². The number of methoxy groups -OCH3 is 2. The molecule has 0 fully saturated rings. The third-order valence-electron chi connectivity index (χ3n) is 2.36. The second-order valence-corrected chi connectivity index (χ2v) is 3.81. The lowest BCUT2D eigenvalue weighted by atomic mass is 10.1. The van der Waals surface area contributed by atoms with Crippen molar-refractivity contribution in [3.8, 4) is 17.2 Å². The fourth-order valence-electron chi connectivity index (χ4n) is 1.56. The highest BCUT2D eigenvalue weighted by Crippen LogP contribution is 2.44. The zero-order chi connectivity index (χ0) is 13.0. The monoisotopic (exact) mass is 261 g/mol.